The number of benzene rings is 1. The standard InChI is InChI=1S/C29H43NO2/c1-4-29-18-17-27(2,32)19-20(29)13-14-22-23-11-8-12-25(28(23,3)16-15-24(22)29)26(31)30-21-9-6-5-7-10-21/h5-7,9-10,20,22-25,32H,4,8,11-19H2,1-3H3,(H,30,31)/t20-,22+,23+,24+,25-,27-,28+,29+/m1/s1. The van der Waals surface area contributed by atoms with E-state index in [4.69, 9.17) is 0 Å². The zero-order valence-electron chi connectivity index (χ0n) is 20.4. The van der Waals surface area contributed by atoms with Gasteiger partial charge in [-0.15, -0.1) is 0 Å². The van der Waals surface area contributed by atoms with Gasteiger partial charge in [-0.1, -0.05) is 38.5 Å². The van der Waals surface area contributed by atoms with Crippen molar-refractivity contribution < 1.29 is 9.90 Å². The van der Waals surface area contributed by atoms with Crippen molar-refractivity contribution >= 4 is 11.6 Å². The first-order chi connectivity index (χ1) is 15.3. The molecule has 4 aliphatic rings. The van der Waals surface area contributed by atoms with E-state index in [1.54, 1.807) is 0 Å². The second kappa shape index (κ2) is 8.15. The molecule has 0 spiro atoms. The Bertz CT molecular complexity index is 835. The molecule has 1 amide bonds. The highest BCUT2D eigenvalue weighted by atomic mass is 16.3. The average molecular weight is 438 g/mol. The van der Waals surface area contributed by atoms with Crippen LogP contribution in [0.25, 0.3) is 0 Å². The van der Waals surface area contributed by atoms with E-state index in [0.29, 0.717) is 17.3 Å². The maximum atomic E-state index is 13.5. The van der Waals surface area contributed by atoms with E-state index < -0.39 is 5.60 Å². The molecule has 0 heterocycles. The molecular weight excluding hydrogens is 394 g/mol. The highest BCUT2D eigenvalue weighted by molar-refractivity contribution is 5.93. The van der Waals surface area contributed by atoms with Gasteiger partial charge in [-0.05, 0) is 118 Å². The number of para-hydroxylation sites is 1. The van der Waals surface area contributed by atoms with Crippen molar-refractivity contribution in [2.45, 2.75) is 97.0 Å². The molecule has 1 aromatic rings. The summed E-state index contributed by atoms with van der Waals surface area (Å²) in [5.74, 6) is 3.28. The molecule has 4 saturated carbocycles. The summed E-state index contributed by atoms with van der Waals surface area (Å²) in [7, 11) is 0. The SMILES string of the molecule is CC[C@]12CC[C@@](C)(O)C[C@H]1CC[C@H]1[C@@H]3CCC[C@H](C(=O)Nc4ccccc4)[C@@]3(C)CC[C@@H]12. The van der Waals surface area contributed by atoms with Gasteiger partial charge in [0.25, 0.3) is 0 Å². The van der Waals surface area contributed by atoms with Crippen molar-refractivity contribution in [3.8, 4) is 0 Å². The monoisotopic (exact) mass is 437 g/mol. The quantitative estimate of drug-likeness (QED) is 0.545. The highest BCUT2D eigenvalue weighted by Crippen LogP contribution is 2.68. The van der Waals surface area contributed by atoms with Crippen LogP contribution in [0.1, 0.15) is 91.4 Å². The van der Waals surface area contributed by atoms with Crippen LogP contribution in [0.15, 0.2) is 30.3 Å². The van der Waals surface area contributed by atoms with Gasteiger partial charge < -0.3 is 10.4 Å². The summed E-state index contributed by atoms with van der Waals surface area (Å²) in [4.78, 5) is 13.5. The van der Waals surface area contributed by atoms with Gasteiger partial charge in [-0.2, -0.15) is 0 Å². The number of aliphatic hydroxyl groups is 1. The van der Waals surface area contributed by atoms with Crippen LogP contribution < -0.4 is 5.32 Å². The summed E-state index contributed by atoms with van der Waals surface area (Å²) in [5.41, 5.74) is 1.01. The lowest BCUT2D eigenvalue weighted by atomic mass is 9.40. The van der Waals surface area contributed by atoms with Gasteiger partial charge in [0.2, 0.25) is 5.91 Å². The topological polar surface area (TPSA) is 49.3 Å². The lowest BCUT2D eigenvalue weighted by Crippen LogP contribution is -2.59. The zero-order chi connectivity index (χ0) is 22.6. The third kappa shape index (κ3) is 3.54. The first-order valence-corrected chi connectivity index (χ1v) is 13.4. The van der Waals surface area contributed by atoms with E-state index >= 15 is 0 Å². The van der Waals surface area contributed by atoms with E-state index in [1.807, 2.05) is 30.3 Å². The molecule has 0 aliphatic heterocycles. The summed E-state index contributed by atoms with van der Waals surface area (Å²) >= 11 is 0. The summed E-state index contributed by atoms with van der Waals surface area (Å²) in [6.45, 7) is 6.94. The number of rotatable bonds is 3. The number of hydrogen-bond acceptors (Lipinski definition) is 2. The zero-order valence-corrected chi connectivity index (χ0v) is 20.4. The molecule has 5 rings (SSSR count). The van der Waals surface area contributed by atoms with Crippen LogP contribution in [0.4, 0.5) is 5.69 Å². The average Bonchev–Trinajstić information content (AvgIpc) is 2.78. The Hall–Kier alpha value is -1.35. The fraction of sp³-hybridized carbons (Fsp3) is 0.759. The summed E-state index contributed by atoms with van der Waals surface area (Å²) in [5, 5.41) is 14.1. The van der Waals surface area contributed by atoms with Crippen molar-refractivity contribution in [2.75, 3.05) is 5.32 Å². The van der Waals surface area contributed by atoms with Gasteiger partial charge in [0.1, 0.15) is 0 Å². The molecule has 3 nitrogen and oxygen atoms in total. The Balaban J connectivity index is 1.39. The van der Waals surface area contributed by atoms with Gasteiger partial charge in [-0.3, -0.25) is 4.79 Å². The minimum Gasteiger partial charge on any atom is -0.390 e. The maximum Gasteiger partial charge on any atom is 0.228 e. The Morgan fingerprint density at radius 3 is 2.53 bits per heavy atom. The number of carbonyl (C=O) groups is 1. The van der Waals surface area contributed by atoms with E-state index in [0.717, 1.165) is 36.8 Å². The van der Waals surface area contributed by atoms with Crippen molar-refractivity contribution in [3.63, 3.8) is 0 Å². The van der Waals surface area contributed by atoms with Gasteiger partial charge in [0.05, 0.1) is 5.60 Å². The van der Waals surface area contributed by atoms with Crippen LogP contribution in [0.2, 0.25) is 0 Å². The normalized spacial score (nSPS) is 45.8. The van der Waals surface area contributed by atoms with E-state index in [9.17, 15) is 9.90 Å². The molecule has 0 saturated heterocycles. The third-order valence-electron chi connectivity index (χ3n) is 10.9. The van der Waals surface area contributed by atoms with Crippen LogP contribution in [-0.4, -0.2) is 16.6 Å². The van der Waals surface area contributed by atoms with Gasteiger partial charge in [-0.25, -0.2) is 0 Å². The molecule has 8 atom stereocenters. The molecule has 2 N–H and O–H groups in total. The first-order valence-electron chi connectivity index (χ1n) is 13.4. The number of carbonyl (C=O) groups excluding carboxylic acids is 1. The minimum atomic E-state index is -0.467. The Kier molecular flexibility index (Phi) is 5.72. The van der Waals surface area contributed by atoms with Crippen LogP contribution in [0.3, 0.4) is 0 Å². The second-order valence-corrected chi connectivity index (χ2v) is 12.3. The molecule has 0 bridgehead atoms. The van der Waals surface area contributed by atoms with E-state index in [2.05, 4.69) is 26.1 Å². The summed E-state index contributed by atoms with van der Waals surface area (Å²) < 4.78 is 0. The molecular formula is C29H43NO2. The lowest BCUT2D eigenvalue weighted by molar-refractivity contribution is -0.174. The van der Waals surface area contributed by atoms with Crippen molar-refractivity contribution in [1.82, 2.24) is 0 Å². The van der Waals surface area contributed by atoms with Crippen molar-refractivity contribution in [2.24, 2.45) is 40.4 Å². The van der Waals surface area contributed by atoms with Gasteiger partial charge in [0.15, 0.2) is 0 Å². The van der Waals surface area contributed by atoms with Crippen molar-refractivity contribution in [1.29, 1.82) is 0 Å². The second-order valence-electron chi connectivity index (χ2n) is 12.3. The fourth-order valence-electron chi connectivity index (χ4n) is 9.32. The summed E-state index contributed by atoms with van der Waals surface area (Å²) in [6.07, 6.45) is 13.0. The molecule has 0 aromatic heterocycles. The smallest absolute Gasteiger partial charge is 0.228 e. The predicted octanol–water partition coefficient (Wildman–Crippen LogP) is 6.82. The number of amides is 1. The van der Waals surface area contributed by atoms with E-state index in [-0.39, 0.29) is 17.2 Å². The maximum absolute atomic E-state index is 13.5. The summed E-state index contributed by atoms with van der Waals surface area (Å²) in [6, 6.07) is 10.00. The van der Waals surface area contributed by atoms with Gasteiger partial charge >= 0.3 is 0 Å². The third-order valence-corrected chi connectivity index (χ3v) is 10.9. The largest absolute Gasteiger partial charge is 0.390 e. The Morgan fingerprint density at radius 2 is 1.78 bits per heavy atom. The molecule has 32 heavy (non-hydrogen) atoms. The number of nitrogens with one attached hydrogen (secondary N) is 1. The van der Waals surface area contributed by atoms with E-state index in [1.165, 1.54) is 51.4 Å². The molecule has 0 unspecified atom stereocenters. The van der Waals surface area contributed by atoms with Crippen molar-refractivity contribution in [3.05, 3.63) is 30.3 Å². The Morgan fingerprint density at radius 1 is 1.00 bits per heavy atom. The molecule has 1 aromatic carbocycles. The van der Waals surface area contributed by atoms with Gasteiger partial charge in [0, 0.05) is 11.6 Å². The number of anilines is 1. The highest BCUT2D eigenvalue weighted by Gasteiger charge is 2.61. The minimum absolute atomic E-state index is 0.125. The van der Waals surface area contributed by atoms with Crippen LogP contribution in [0, 0.1) is 40.4 Å². The molecule has 0 radical (unpaired) electrons. The number of hydrogen-bond donors (Lipinski definition) is 2. The fourth-order valence-corrected chi connectivity index (χ4v) is 9.32. The first kappa shape index (κ1) is 22.4. The molecule has 3 heteroatoms. The van der Waals surface area contributed by atoms with Crippen LogP contribution in [-0.2, 0) is 4.79 Å². The Labute approximate surface area is 194 Å². The lowest BCUT2D eigenvalue weighted by Gasteiger charge is -2.65. The van der Waals surface area contributed by atoms with Crippen LogP contribution >= 0.6 is 0 Å². The van der Waals surface area contributed by atoms with Crippen LogP contribution in [0.5, 0.6) is 0 Å². The number of fused-ring (bicyclic) bond motifs is 5. The predicted molar refractivity (Wildman–Crippen MR) is 130 cm³/mol. The molecule has 4 fully saturated rings. The molecule has 176 valence electrons. The molecule has 4 aliphatic carbocycles.